The summed E-state index contributed by atoms with van der Waals surface area (Å²) >= 11 is 0. The van der Waals surface area contributed by atoms with Gasteiger partial charge in [-0.1, -0.05) is 18.2 Å². The second-order valence-corrected chi connectivity index (χ2v) is 8.73. The first-order valence-corrected chi connectivity index (χ1v) is 11.6. The van der Waals surface area contributed by atoms with Gasteiger partial charge in [-0.05, 0) is 68.5 Å². The third-order valence-electron chi connectivity index (χ3n) is 6.40. The van der Waals surface area contributed by atoms with Crippen molar-refractivity contribution in [2.45, 2.75) is 45.1 Å². The molecule has 1 atom stereocenters. The van der Waals surface area contributed by atoms with Gasteiger partial charge in [0.25, 0.3) is 5.91 Å². The van der Waals surface area contributed by atoms with Crippen LogP contribution in [-0.4, -0.2) is 35.9 Å². The molecule has 2 heterocycles. The minimum atomic E-state index is -0.147. The van der Waals surface area contributed by atoms with Gasteiger partial charge in [0.1, 0.15) is 11.5 Å². The number of para-hydroxylation sites is 1. The molecule has 1 aliphatic carbocycles. The fourth-order valence-electron chi connectivity index (χ4n) is 4.77. The van der Waals surface area contributed by atoms with Gasteiger partial charge in [-0.2, -0.15) is 0 Å². The summed E-state index contributed by atoms with van der Waals surface area (Å²) < 4.78 is 11.8. The predicted molar refractivity (Wildman–Crippen MR) is 126 cm³/mol. The molecule has 170 valence electrons. The van der Waals surface area contributed by atoms with E-state index >= 15 is 0 Å². The van der Waals surface area contributed by atoms with Crippen LogP contribution in [-0.2, 0) is 11.2 Å². The van der Waals surface area contributed by atoms with Crippen LogP contribution in [0.25, 0.3) is 11.3 Å². The first-order valence-electron chi connectivity index (χ1n) is 11.6. The predicted octanol–water partition coefficient (Wildman–Crippen LogP) is 5.21. The standard InChI is InChI=1S/C27H28N2O4/c1-17-25-21(10-5-11-23(25)30)26(29-17)22-15-18(27(31)28-16-20-9-6-14-32-20)12-13-24(22)33-19-7-3-2-4-8-19/h2-4,7-8,12-13,15,20,29H,5-6,9-11,14,16H2,1H3,(H,28,31). The van der Waals surface area contributed by atoms with Crippen LogP contribution in [0.3, 0.4) is 0 Å². The number of ketones is 1. The summed E-state index contributed by atoms with van der Waals surface area (Å²) in [5.41, 5.74) is 4.85. The van der Waals surface area contributed by atoms with Gasteiger partial charge in [0.2, 0.25) is 0 Å². The number of aromatic nitrogens is 1. The lowest BCUT2D eigenvalue weighted by Crippen LogP contribution is -2.31. The third-order valence-corrected chi connectivity index (χ3v) is 6.40. The first kappa shape index (κ1) is 21.5. The van der Waals surface area contributed by atoms with E-state index in [1.807, 2.05) is 49.4 Å². The van der Waals surface area contributed by atoms with Crippen LogP contribution in [0.1, 0.15) is 57.7 Å². The third kappa shape index (κ3) is 4.44. The minimum Gasteiger partial charge on any atom is -0.457 e. The number of carbonyl (C=O) groups is 2. The number of carbonyl (C=O) groups excluding carboxylic acids is 2. The highest BCUT2D eigenvalue weighted by atomic mass is 16.5. The second-order valence-electron chi connectivity index (χ2n) is 8.73. The summed E-state index contributed by atoms with van der Waals surface area (Å²) in [5.74, 6) is 1.37. The number of aryl methyl sites for hydroxylation is 1. The van der Waals surface area contributed by atoms with Crippen LogP contribution in [0.2, 0.25) is 0 Å². The van der Waals surface area contributed by atoms with E-state index in [4.69, 9.17) is 9.47 Å². The lowest BCUT2D eigenvalue weighted by atomic mass is 9.89. The Bertz CT molecular complexity index is 1180. The van der Waals surface area contributed by atoms with E-state index in [0.717, 1.165) is 60.4 Å². The maximum Gasteiger partial charge on any atom is 0.251 e. The molecule has 6 nitrogen and oxygen atoms in total. The van der Waals surface area contributed by atoms with Crippen LogP contribution >= 0.6 is 0 Å². The van der Waals surface area contributed by atoms with E-state index in [-0.39, 0.29) is 17.8 Å². The van der Waals surface area contributed by atoms with Gasteiger partial charge < -0.3 is 19.8 Å². The lowest BCUT2D eigenvalue weighted by molar-refractivity contribution is 0.0857. The summed E-state index contributed by atoms with van der Waals surface area (Å²) in [6.45, 7) is 3.19. The average Bonchev–Trinajstić information content (AvgIpc) is 3.47. The van der Waals surface area contributed by atoms with Crippen molar-refractivity contribution in [1.29, 1.82) is 0 Å². The van der Waals surface area contributed by atoms with Gasteiger partial charge in [0, 0.05) is 42.0 Å². The molecule has 1 amide bonds. The van der Waals surface area contributed by atoms with Gasteiger partial charge in [-0.3, -0.25) is 9.59 Å². The number of benzene rings is 2. The number of aromatic amines is 1. The SMILES string of the molecule is Cc1[nH]c(-c2cc(C(=O)NCC3CCCO3)ccc2Oc2ccccc2)c2c1C(=O)CCC2. The molecule has 2 N–H and O–H groups in total. The van der Waals surface area contributed by atoms with Crippen LogP contribution in [0.5, 0.6) is 11.5 Å². The van der Waals surface area contributed by atoms with Crippen molar-refractivity contribution in [3.05, 3.63) is 70.9 Å². The number of H-pyrrole nitrogens is 1. The Balaban J connectivity index is 1.52. The molecule has 1 aromatic heterocycles. The Morgan fingerprint density at radius 2 is 2.00 bits per heavy atom. The average molecular weight is 445 g/mol. The molecule has 0 saturated carbocycles. The van der Waals surface area contributed by atoms with Crippen LogP contribution in [0.15, 0.2) is 48.5 Å². The van der Waals surface area contributed by atoms with Crippen molar-refractivity contribution in [1.82, 2.24) is 10.3 Å². The Morgan fingerprint density at radius 1 is 1.15 bits per heavy atom. The highest BCUT2D eigenvalue weighted by Crippen LogP contribution is 2.39. The van der Waals surface area contributed by atoms with Gasteiger partial charge >= 0.3 is 0 Å². The van der Waals surface area contributed by atoms with E-state index in [9.17, 15) is 9.59 Å². The van der Waals surface area contributed by atoms with Gasteiger partial charge in [0.15, 0.2) is 5.78 Å². The van der Waals surface area contributed by atoms with Crippen molar-refractivity contribution >= 4 is 11.7 Å². The normalized spacial score (nSPS) is 17.6. The van der Waals surface area contributed by atoms with Crippen LogP contribution in [0.4, 0.5) is 0 Å². The van der Waals surface area contributed by atoms with E-state index in [1.54, 1.807) is 6.07 Å². The fraction of sp³-hybridized carbons (Fsp3) is 0.333. The van der Waals surface area contributed by atoms with E-state index < -0.39 is 0 Å². The van der Waals surface area contributed by atoms with Crippen LogP contribution in [0, 0.1) is 6.92 Å². The quantitative estimate of drug-likeness (QED) is 0.547. The molecule has 5 rings (SSSR count). The van der Waals surface area contributed by atoms with Crippen molar-refractivity contribution < 1.29 is 19.1 Å². The minimum absolute atomic E-state index is 0.0817. The molecule has 3 aromatic rings. The lowest BCUT2D eigenvalue weighted by Gasteiger charge is -2.16. The molecule has 33 heavy (non-hydrogen) atoms. The molecule has 2 aliphatic rings. The number of nitrogens with one attached hydrogen (secondary N) is 2. The number of Topliss-reactive ketones (excluding diaryl/α,β-unsaturated/α-hetero) is 1. The Morgan fingerprint density at radius 3 is 2.79 bits per heavy atom. The summed E-state index contributed by atoms with van der Waals surface area (Å²) in [6, 6.07) is 15.0. The van der Waals surface area contributed by atoms with E-state index in [1.165, 1.54) is 0 Å². The van der Waals surface area contributed by atoms with E-state index in [2.05, 4.69) is 10.3 Å². The zero-order chi connectivity index (χ0) is 22.8. The number of hydrogen-bond donors (Lipinski definition) is 2. The molecule has 2 aromatic carbocycles. The molecule has 0 radical (unpaired) electrons. The number of fused-ring (bicyclic) bond motifs is 1. The topological polar surface area (TPSA) is 80.4 Å². The highest BCUT2D eigenvalue weighted by Gasteiger charge is 2.27. The Hall–Kier alpha value is -3.38. The second kappa shape index (κ2) is 9.24. The van der Waals surface area contributed by atoms with Gasteiger partial charge in [-0.15, -0.1) is 0 Å². The maximum atomic E-state index is 12.9. The number of hydrogen-bond acceptors (Lipinski definition) is 4. The summed E-state index contributed by atoms with van der Waals surface area (Å²) in [4.78, 5) is 28.9. The van der Waals surface area contributed by atoms with Crippen molar-refractivity contribution in [3.8, 4) is 22.8 Å². The van der Waals surface area contributed by atoms with Gasteiger partial charge in [0.05, 0.1) is 11.8 Å². The molecule has 0 spiro atoms. The monoisotopic (exact) mass is 444 g/mol. The summed E-state index contributed by atoms with van der Waals surface area (Å²) in [6.07, 6.45) is 4.31. The zero-order valence-electron chi connectivity index (χ0n) is 18.8. The molecule has 6 heteroatoms. The number of rotatable bonds is 6. The number of amides is 1. The first-order chi connectivity index (χ1) is 16.1. The van der Waals surface area contributed by atoms with E-state index in [0.29, 0.717) is 30.0 Å². The molecule has 1 aliphatic heterocycles. The molecular formula is C27H28N2O4. The largest absolute Gasteiger partial charge is 0.457 e. The molecule has 1 unspecified atom stereocenters. The zero-order valence-corrected chi connectivity index (χ0v) is 18.8. The van der Waals surface area contributed by atoms with Crippen LogP contribution < -0.4 is 10.1 Å². The number of ether oxygens (including phenoxy) is 2. The molecule has 0 bridgehead atoms. The highest BCUT2D eigenvalue weighted by molar-refractivity contribution is 6.02. The fourth-order valence-corrected chi connectivity index (χ4v) is 4.77. The van der Waals surface area contributed by atoms with Crippen molar-refractivity contribution in [2.75, 3.05) is 13.2 Å². The van der Waals surface area contributed by atoms with Gasteiger partial charge in [-0.25, -0.2) is 0 Å². The van der Waals surface area contributed by atoms with Crippen molar-refractivity contribution in [2.24, 2.45) is 0 Å². The maximum absolute atomic E-state index is 12.9. The summed E-state index contributed by atoms with van der Waals surface area (Å²) in [5, 5.41) is 2.99. The molecular weight excluding hydrogens is 416 g/mol. The smallest absolute Gasteiger partial charge is 0.251 e. The Labute approximate surface area is 193 Å². The Kier molecular flexibility index (Phi) is 6.01. The van der Waals surface area contributed by atoms with Crippen molar-refractivity contribution in [3.63, 3.8) is 0 Å². The molecule has 1 fully saturated rings. The summed E-state index contributed by atoms with van der Waals surface area (Å²) in [7, 11) is 0. The molecule has 1 saturated heterocycles.